The van der Waals surface area contributed by atoms with Crippen molar-refractivity contribution >= 4 is 57.2 Å². The molecule has 398 valence electrons. The van der Waals surface area contributed by atoms with Gasteiger partial charge in [0.2, 0.25) is 0 Å². The summed E-state index contributed by atoms with van der Waals surface area (Å²) in [5, 5.41) is 0. The molecule has 0 spiro atoms. The minimum atomic E-state index is -0.0475. The highest BCUT2D eigenvalue weighted by Crippen LogP contribution is 2.47. The summed E-state index contributed by atoms with van der Waals surface area (Å²) >= 11 is 0. The van der Waals surface area contributed by atoms with E-state index in [1.807, 2.05) is 0 Å². The highest BCUT2D eigenvalue weighted by molar-refractivity contribution is 7.00. The highest BCUT2D eigenvalue weighted by Gasteiger charge is 2.43. The Morgan fingerprint density at radius 2 is 0.590 bits per heavy atom. The molecule has 0 saturated carbocycles. The van der Waals surface area contributed by atoms with E-state index in [1.54, 1.807) is 0 Å². The Kier molecular flexibility index (Phi) is 12.7. The molecule has 0 amide bonds. The summed E-state index contributed by atoms with van der Waals surface area (Å²) in [5.74, 6) is 0.634. The minimum absolute atomic E-state index is 0.0136. The van der Waals surface area contributed by atoms with Gasteiger partial charge in [-0.3, -0.25) is 0 Å². The maximum Gasteiger partial charge on any atom is 0.252 e. The van der Waals surface area contributed by atoms with E-state index in [0.29, 0.717) is 5.82 Å². The summed E-state index contributed by atoms with van der Waals surface area (Å²) in [4.78, 5) is 16.6. The lowest BCUT2D eigenvalue weighted by Gasteiger charge is -2.44. The number of aromatic nitrogens is 2. The molecule has 12 aromatic rings. The summed E-state index contributed by atoms with van der Waals surface area (Å²) in [5.41, 5.74) is 26.6. The van der Waals surface area contributed by atoms with Gasteiger partial charge in [-0.15, -0.1) is 0 Å². The van der Waals surface area contributed by atoms with E-state index in [0.717, 1.165) is 107 Å². The molecule has 0 saturated heterocycles. The third kappa shape index (κ3) is 9.62. The summed E-state index contributed by atoms with van der Waals surface area (Å²) in [6, 6.07) is 100. The molecule has 0 radical (unpaired) electrons. The summed E-state index contributed by atoms with van der Waals surface area (Å²) < 4.78 is 0. The van der Waals surface area contributed by atoms with Crippen LogP contribution in [0.5, 0.6) is 0 Å². The molecule has 14 rings (SSSR count). The van der Waals surface area contributed by atoms with Crippen molar-refractivity contribution in [1.82, 2.24) is 9.97 Å². The van der Waals surface area contributed by atoms with E-state index >= 15 is 0 Å². The van der Waals surface area contributed by atoms with Crippen LogP contribution in [0.2, 0.25) is 0 Å². The van der Waals surface area contributed by atoms with Crippen LogP contribution in [0.1, 0.15) is 52.7 Å². The predicted octanol–water partition coefficient (Wildman–Crippen LogP) is 18.8. The Bertz CT molecular complexity index is 3980. The van der Waals surface area contributed by atoms with Gasteiger partial charge >= 0.3 is 0 Å². The van der Waals surface area contributed by atoms with Crippen molar-refractivity contribution in [2.75, 3.05) is 9.80 Å². The lowest BCUT2D eigenvalue weighted by molar-refractivity contribution is 0.590. The molecule has 83 heavy (non-hydrogen) atoms. The molecule has 0 unspecified atom stereocenters. The van der Waals surface area contributed by atoms with Crippen molar-refractivity contribution in [1.29, 1.82) is 0 Å². The molecule has 0 atom stereocenters. The normalized spacial score (nSPS) is 12.6. The number of benzene rings is 11. The third-order valence-corrected chi connectivity index (χ3v) is 16.7. The summed E-state index contributed by atoms with van der Waals surface area (Å²) in [6.07, 6.45) is 0. The van der Waals surface area contributed by atoms with Crippen LogP contribution in [0.3, 0.4) is 0 Å². The molecule has 0 fully saturated rings. The third-order valence-electron chi connectivity index (χ3n) is 16.7. The van der Waals surface area contributed by atoms with Crippen molar-refractivity contribution in [2.45, 2.75) is 52.4 Å². The average molecular weight is 1070 g/mol. The Morgan fingerprint density at radius 1 is 0.277 bits per heavy atom. The Hall–Kier alpha value is -9.84. The number of anilines is 6. The van der Waals surface area contributed by atoms with Crippen LogP contribution in [-0.4, -0.2) is 16.7 Å². The second-order valence-corrected chi connectivity index (χ2v) is 24.3. The SMILES string of the molecule is CC(C)(C)c1ccc(N2c3ccccc3B3c4ccccc4N(c4ccc(C(C)(C)C)cc4)c4cc(-c5nc(-c6cc(-c7ccccc7)cc(-c7ccccc7)c6)cc(-c6cc(-c7ccccc7)cc(-c7ccccc7)c6)n5)cc2c43)cc1. The van der Waals surface area contributed by atoms with Crippen molar-refractivity contribution in [3.8, 4) is 78.4 Å². The molecule has 2 aliphatic rings. The molecule has 4 nitrogen and oxygen atoms in total. The first kappa shape index (κ1) is 51.3. The van der Waals surface area contributed by atoms with Gasteiger partial charge in [-0.05, 0) is 174 Å². The fraction of sp³-hybridized carbons (Fsp3) is 0.103. The zero-order chi connectivity index (χ0) is 56.4. The second kappa shape index (κ2) is 20.6. The van der Waals surface area contributed by atoms with Gasteiger partial charge in [0.05, 0.1) is 11.4 Å². The Balaban J connectivity index is 1.07. The van der Waals surface area contributed by atoms with Crippen LogP contribution < -0.4 is 26.2 Å². The monoisotopic (exact) mass is 1070 g/mol. The van der Waals surface area contributed by atoms with Crippen LogP contribution in [0, 0.1) is 0 Å². The number of nitrogens with zero attached hydrogens (tertiary/aromatic N) is 4. The van der Waals surface area contributed by atoms with Crippen LogP contribution in [0.25, 0.3) is 78.4 Å². The van der Waals surface area contributed by atoms with E-state index in [9.17, 15) is 0 Å². The molecule has 11 aromatic carbocycles. The van der Waals surface area contributed by atoms with Gasteiger partial charge < -0.3 is 9.80 Å². The van der Waals surface area contributed by atoms with Gasteiger partial charge in [0, 0.05) is 50.8 Å². The quantitative estimate of drug-likeness (QED) is 0.135. The molecule has 0 aliphatic carbocycles. The van der Waals surface area contributed by atoms with Crippen molar-refractivity contribution in [3.63, 3.8) is 0 Å². The minimum Gasteiger partial charge on any atom is -0.311 e. The van der Waals surface area contributed by atoms with Crippen LogP contribution in [-0.2, 0) is 10.8 Å². The molecule has 1 aromatic heterocycles. The van der Waals surface area contributed by atoms with E-state index in [4.69, 9.17) is 9.97 Å². The molecule has 5 heteroatoms. The lowest BCUT2D eigenvalue weighted by atomic mass is 9.33. The Morgan fingerprint density at radius 3 is 0.928 bits per heavy atom. The first-order chi connectivity index (χ1) is 40.4. The van der Waals surface area contributed by atoms with E-state index in [-0.39, 0.29) is 17.5 Å². The van der Waals surface area contributed by atoms with E-state index in [1.165, 1.54) is 27.5 Å². The van der Waals surface area contributed by atoms with Gasteiger partial charge in [-0.2, -0.15) is 0 Å². The molecule has 0 N–H and O–H groups in total. The zero-order valence-electron chi connectivity index (χ0n) is 47.8. The predicted molar refractivity (Wildman–Crippen MR) is 352 cm³/mol. The largest absolute Gasteiger partial charge is 0.311 e. The average Bonchev–Trinajstić information content (AvgIpc) is 1.41. The van der Waals surface area contributed by atoms with Crippen molar-refractivity contribution in [3.05, 3.63) is 284 Å². The number of fused-ring (bicyclic) bond motifs is 4. The molecule has 3 heterocycles. The second-order valence-electron chi connectivity index (χ2n) is 24.3. The number of rotatable bonds is 9. The fourth-order valence-corrected chi connectivity index (χ4v) is 12.4. The fourth-order valence-electron chi connectivity index (χ4n) is 12.4. The van der Waals surface area contributed by atoms with Gasteiger partial charge in [0.15, 0.2) is 5.82 Å². The van der Waals surface area contributed by atoms with Gasteiger partial charge in [-0.25, -0.2) is 9.97 Å². The summed E-state index contributed by atoms with van der Waals surface area (Å²) in [6.45, 7) is 13.7. The highest BCUT2D eigenvalue weighted by atomic mass is 15.2. The maximum absolute atomic E-state index is 5.80. The number of para-hydroxylation sites is 2. The van der Waals surface area contributed by atoms with Crippen molar-refractivity contribution < 1.29 is 0 Å². The van der Waals surface area contributed by atoms with Crippen molar-refractivity contribution in [2.24, 2.45) is 0 Å². The molecule has 0 bridgehead atoms. The molecule has 2 aliphatic heterocycles. The zero-order valence-corrected chi connectivity index (χ0v) is 47.8. The smallest absolute Gasteiger partial charge is 0.252 e. The Labute approximate surface area is 489 Å². The maximum atomic E-state index is 5.80. The van der Waals surface area contributed by atoms with Crippen LogP contribution in [0.4, 0.5) is 34.1 Å². The van der Waals surface area contributed by atoms with Crippen LogP contribution in [0.15, 0.2) is 273 Å². The van der Waals surface area contributed by atoms with Gasteiger partial charge in [0.25, 0.3) is 6.71 Å². The standard InChI is InChI=1S/C78H63BN4/c1-77(2,3)63-35-39-65(40-36-63)82-71-33-21-19-31-67(71)79-68-32-20-22-34-72(68)83(66-41-37-64(38-42-66)78(4,5)6)74-50-62(49-73(82)75(74)79)76-80-69(60-45-56(52-23-11-7-12-24-52)43-57(46-60)53-25-13-8-14-26-53)51-70(81-76)61-47-58(54-27-15-9-16-28-54)44-59(48-61)55-29-17-10-18-30-55/h7-51H,1-6H3. The van der Waals surface area contributed by atoms with Gasteiger partial charge in [0.1, 0.15) is 0 Å². The van der Waals surface area contributed by atoms with Gasteiger partial charge in [-0.1, -0.05) is 224 Å². The first-order valence-electron chi connectivity index (χ1n) is 29.0. The number of hydrogen-bond donors (Lipinski definition) is 0. The first-order valence-corrected chi connectivity index (χ1v) is 29.0. The van der Waals surface area contributed by atoms with Crippen LogP contribution >= 0.6 is 0 Å². The summed E-state index contributed by atoms with van der Waals surface area (Å²) in [7, 11) is 0. The topological polar surface area (TPSA) is 32.3 Å². The number of hydrogen-bond acceptors (Lipinski definition) is 4. The molecular formula is C78H63BN4. The van der Waals surface area contributed by atoms with E-state index in [2.05, 4.69) is 324 Å². The lowest BCUT2D eigenvalue weighted by Crippen LogP contribution is -2.61. The van der Waals surface area contributed by atoms with E-state index < -0.39 is 0 Å². The molecular weight excluding hydrogens is 1000 g/mol.